The number of nitrogens with one attached hydrogen (secondary N) is 1. The molecule has 1 N–H and O–H groups in total. The van der Waals surface area contributed by atoms with Crippen LogP contribution in [-0.4, -0.2) is 16.1 Å². The van der Waals surface area contributed by atoms with Crippen LogP contribution in [0.5, 0.6) is 0 Å². The van der Waals surface area contributed by atoms with Crippen molar-refractivity contribution in [2.24, 2.45) is 0 Å². The van der Waals surface area contributed by atoms with E-state index in [-0.39, 0.29) is 5.91 Å². The Morgan fingerprint density at radius 3 is 2.90 bits per heavy atom. The highest BCUT2D eigenvalue weighted by Crippen LogP contribution is 2.24. The van der Waals surface area contributed by atoms with E-state index >= 15 is 0 Å². The number of rotatable bonds is 3. The quantitative estimate of drug-likeness (QED) is 0.780. The first-order valence-corrected chi connectivity index (χ1v) is 7.26. The van der Waals surface area contributed by atoms with E-state index in [1.165, 1.54) is 17.7 Å². The summed E-state index contributed by atoms with van der Waals surface area (Å²) in [6.07, 6.45) is 1.27. The summed E-state index contributed by atoms with van der Waals surface area (Å²) in [5.41, 5.74) is 1.43. The van der Waals surface area contributed by atoms with Crippen LogP contribution in [0.1, 0.15) is 9.67 Å². The molecule has 0 spiro atoms. The SMILES string of the molecule is O=C(Nc1cccc(-c2nnco2)c1)c1ccc(Br)s1. The van der Waals surface area contributed by atoms with E-state index in [1.807, 2.05) is 18.2 Å². The van der Waals surface area contributed by atoms with Crippen molar-refractivity contribution in [3.05, 3.63) is 51.5 Å². The highest BCUT2D eigenvalue weighted by molar-refractivity contribution is 9.11. The number of amides is 1. The summed E-state index contributed by atoms with van der Waals surface area (Å²) < 4.78 is 6.05. The van der Waals surface area contributed by atoms with Gasteiger partial charge >= 0.3 is 0 Å². The van der Waals surface area contributed by atoms with Crippen molar-refractivity contribution in [1.29, 1.82) is 0 Å². The molecule has 0 saturated heterocycles. The van der Waals surface area contributed by atoms with Crippen molar-refractivity contribution in [3.63, 3.8) is 0 Å². The van der Waals surface area contributed by atoms with Gasteiger partial charge in [-0.3, -0.25) is 4.79 Å². The Balaban J connectivity index is 1.81. The van der Waals surface area contributed by atoms with Gasteiger partial charge in [0.05, 0.1) is 8.66 Å². The maximum absolute atomic E-state index is 12.1. The Labute approximate surface area is 126 Å². The zero-order chi connectivity index (χ0) is 13.9. The molecule has 3 aromatic rings. The van der Waals surface area contributed by atoms with Gasteiger partial charge in [0.1, 0.15) is 0 Å². The van der Waals surface area contributed by atoms with Gasteiger partial charge in [0.2, 0.25) is 12.3 Å². The minimum absolute atomic E-state index is 0.150. The van der Waals surface area contributed by atoms with Gasteiger partial charge in [-0.05, 0) is 46.3 Å². The predicted octanol–water partition coefficient (Wildman–Crippen LogP) is 3.81. The Morgan fingerprint density at radius 2 is 2.20 bits per heavy atom. The molecule has 0 saturated carbocycles. The molecule has 0 unspecified atom stereocenters. The largest absolute Gasteiger partial charge is 0.423 e. The lowest BCUT2D eigenvalue weighted by molar-refractivity contribution is 0.103. The normalized spacial score (nSPS) is 10.4. The molecule has 3 rings (SSSR count). The molecule has 0 aliphatic carbocycles. The smallest absolute Gasteiger partial charge is 0.265 e. The minimum Gasteiger partial charge on any atom is -0.423 e. The van der Waals surface area contributed by atoms with E-state index < -0.39 is 0 Å². The molecule has 0 bridgehead atoms. The van der Waals surface area contributed by atoms with Crippen LogP contribution in [0.25, 0.3) is 11.5 Å². The van der Waals surface area contributed by atoms with Crippen LogP contribution in [0.4, 0.5) is 5.69 Å². The van der Waals surface area contributed by atoms with Crippen molar-refractivity contribution in [2.45, 2.75) is 0 Å². The van der Waals surface area contributed by atoms with E-state index in [9.17, 15) is 4.79 Å². The number of hydrogen-bond donors (Lipinski definition) is 1. The number of thiophene rings is 1. The third kappa shape index (κ3) is 2.78. The van der Waals surface area contributed by atoms with E-state index in [2.05, 4.69) is 31.4 Å². The summed E-state index contributed by atoms with van der Waals surface area (Å²) in [4.78, 5) is 12.7. The van der Waals surface area contributed by atoms with Gasteiger partial charge in [0.15, 0.2) is 0 Å². The number of carbonyl (C=O) groups is 1. The molecule has 20 heavy (non-hydrogen) atoms. The van der Waals surface area contributed by atoms with Crippen LogP contribution in [0, 0.1) is 0 Å². The fraction of sp³-hybridized carbons (Fsp3) is 0. The summed E-state index contributed by atoms with van der Waals surface area (Å²) in [7, 11) is 0. The average molecular weight is 350 g/mol. The van der Waals surface area contributed by atoms with Crippen molar-refractivity contribution in [2.75, 3.05) is 5.32 Å². The standard InChI is InChI=1S/C13H8BrN3O2S/c14-11-5-4-10(20-11)12(18)16-9-3-1-2-8(6-9)13-17-15-7-19-13/h1-7H,(H,16,18). The van der Waals surface area contributed by atoms with Crippen molar-refractivity contribution in [3.8, 4) is 11.5 Å². The lowest BCUT2D eigenvalue weighted by atomic mass is 10.2. The molecule has 7 heteroatoms. The molecule has 0 aliphatic heterocycles. The molecule has 0 aliphatic rings. The maximum atomic E-state index is 12.1. The van der Waals surface area contributed by atoms with Crippen LogP contribution >= 0.6 is 27.3 Å². The van der Waals surface area contributed by atoms with Gasteiger partial charge in [-0.1, -0.05) is 6.07 Å². The molecule has 100 valence electrons. The lowest BCUT2D eigenvalue weighted by Gasteiger charge is -2.04. The van der Waals surface area contributed by atoms with Crippen LogP contribution < -0.4 is 5.32 Å². The minimum atomic E-state index is -0.150. The third-order valence-electron chi connectivity index (χ3n) is 2.52. The summed E-state index contributed by atoms with van der Waals surface area (Å²) in [5, 5.41) is 10.3. The molecule has 2 aromatic heterocycles. The molecule has 1 amide bonds. The van der Waals surface area contributed by atoms with Crippen molar-refractivity contribution >= 4 is 38.9 Å². The zero-order valence-corrected chi connectivity index (χ0v) is 12.4. The third-order valence-corrected chi connectivity index (χ3v) is 4.15. The number of halogens is 1. The fourth-order valence-electron chi connectivity index (χ4n) is 1.66. The van der Waals surface area contributed by atoms with E-state index in [0.717, 1.165) is 9.35 Å². The van der Waals surface area contributed by atoms with Crippen molar-refractivity contribution in [1.82, 2.24) is 10.2 Å². The molecule has 0 radical (unpaired) electrons. The molecule has 5 nitrogen and oxygen atoms in total. The van der Waals surface area contributed by atoms with E-state index in [4.69, 9.17) is 4.42 Å². The number of hydrogen-bond acceptors (Lipinski definition) is 5. The van der Waals surface area contributed by atoms with Gasteiger partial charge in [-0.15, -0.1) is 21.5 Å². The predicted molar refractivity (Wildman–Crippen MR) is 79.7 cm³/mol. The Bertz CT molecular complexity index is 740. The average Bonchev–Trinajstić information content (AvgIpc) is 3.10. The first-order chi connectivity index (χ1) is 9.72. The fourth-order valence-corrected chi connectivity index (χ4v) is 2.94. The number of aromatic nitrogens is 2. The van der Waals surface area contributed by atoms with Crippen LogP contribution in [0.2, 0.25) is 0 Å². The van der Waals surface area contributed by atoms with Gasteiger partial charge in [-0.2, -0.15) is 0 Å². The number of nitrogens with zero attached hydrogens (tertiary/aromatic N) is 2. The first kappa shape index (κ1) is 13.0. The number of anilines is 1. The highest BCUT2D eigenvalue weighted by Gasteiger charge is 2.10. The number of carbonyl (C=O) groups excluding carboxylic acids is 1. The molecule has 1 aromatic carbocycles. The lowest BCUT2D eigenvalue weighted by Crippen LogP contribution is -2.09. The Hall–Kier alpha value is -1.99. The molecular formula is C13H8BrN3O2S. The van der Waals surface area contributed by atoms with Gasteiger partial charge in [0, 0.05) is 11.3 Å². The zero-order valence-electron chi connectivity index (χ0n) is 10.0. The van der Waals surface area contributed by atoms with Crippen molar-refractivity contribution < 1.29 is 9.21 Å². The van der Waals surface area contributed by atoms with Gasteiger partial charge < -0.3 is 9.73 Å². The molecule has 0 fully saturated rings. The second-order valence-corrected chi connectivity index (χ2v) is 6.35. The second kappa shape index (κ2) is 5.56. The van der Waals surface area contributed by atoms with E-state index in [0.29, 0.717) is 16.5 Å². The monoisotopic (exact) mass is 349 g/mol. The second-order valence-electron chi connectivity index (χ2n) is 3.88. The van der Waals surface area contributed by atoms with Gasteiger partial charge in [-0.25, -0.2) is 0 Å². The Morgan fingerprint density at radius 1 is 1.30 bits per heavy atom. The molecule has 0 atom stereocenters. The highest BCUT2D eigenvalue weighted by atomic mass is 79.9. The number of benzene rings is 1. The molecule has 2 heterocycles. The maximum Gasteiger partial charge on any atom is 0.265 e. The van der Waals surface area contributed by atoms with Crippen LogP contribution in [0.15, 0.2) is 51.0 Å². The first-order valence-electron chi connectivity index (χ1n) is 5.66. The summed E-state index contributed by atoms with van der Waals surface area (Å²) in [6, 6.07) is 10.9. The van der Waals surface area contributed by atoms with E-state index in [1.54, 1.807) is 18.2 Å². The summed E-state index contributed by atoms with van der Waals surface area (Å²) in [5.74, 6) is 0.267. The topological polar surface area (TPSA) is 68.0 Å². The summed E-state index contributed by atoms with van der Waals surface area (Å²) in [6.45, 7) is 0. The Kier molecular flexibility index (Phi) is 3.62. The summed E-state index contributed by atoms with van der Waals surface area (Å²) >= 11 is 4.72. The van der Waals surface area contributed by atoms with Crippen LogP contribution in [-0.2, 0) is 0 Å². The van der Waals surface area contributed by atoms with Gasteiger partial charge in [0.25, 0.3) is 5.91 Å². The van der Waals surface area contributed by atoms with Crippen LogP contribution in [0.3, 0.4) is 0 Å². The molecular weight excluding hydrogens is 342 g/mol.